The zero-order valence-corrected chi connectivity index (χ0v) is 12.8. The smallest absolute Gasteiger partial charge is 0.190 e. The standard InChI is InChI=1S/C17H24N2O3/c18-10-16(11-19)7-3-4-8-17(16)21-14-9-12-5-1-2-6-13(12)15(20-14)22-17/h1-2,5-6,14-15H,3-4,7-11,18-19H2. The molecule has 5 heteroatoms. The molecule has 0 radical (unpaired) electrons. The van der Waals surface area contributed by atoms with E-state index in [9.17, 15) is 0 Å². The molecule has 120 valence electrons. The fraction of sp³-hybridized carbons (Fsp3) is 0.647. The molecule has 2 aliphatic heterocycles. The number of hydrogen-bond acceptors (Lipinski definition) is 5. The highest BCUT2D eigenvalue weighted by Gasteiger charge is 2.59. The Kier molecular flexibility index (Phi) is 3.51. The van der Waals surface area contributed by atoms with Crippen molar-refractivity contribution < 1.29 is 14.2 Å². The second-order valence-corrected chi connectivity index (χ2v) is 6.68. The van der Waals surface area contributed by atoms with Crippen LogP contribution in [0.4, 0.5) is 0 Å². The van der Waals surface area contributed by atoms with Crippen LogP contribution in [0.15, 0.2) is 24.3 Å². The molecule has 4 rings (SSSR count). The molecule has 1 aliphatic carbocycles. The zero-order chi connectivity index (χ0) is 15.2. The largest absolute Gasteiger partial charge is 0.330 e. The third-order valence-electron chi connectivity index (χ3n) is 5.59. The van der Waals surface area contributed by atoms with Gasteiger partial charge in [0.25, 0.3) is 0 Å². The molecule has 1 aromatic rings. The van der Waals surface area contributed by atoms with E-state index in [4.69, 9.17) is 25.7 Å². The molecule has 1 spiro atoms. The van der Waals surface area contributed by atoms with Gasteiger partial charge in [-0.1, -0.05) is 30.7 Å². The van der Waals surface area contributed by atoms with Gasteiger partial charge in [-0.15, -0.1) is 0 Å². The van der Waals surface area contributed by atoms with E-state index in [0.717, 1.165) is 37.7 Å². The predicted octanol–water partition coefficient (Wildman–Crippen LogP) is 1.80. The fourth-order valence-corrected chi connectivity index (χ4v) is 4.21. The normalized spacial score (nSPS) is 36.1. The van der Waals surface area contributed by atoms with Crippen molar-refractivity contribution in [1.82, 2.24) is 0 Å². The first-order chi connectivity index (χ1) is 10.7. The summed E-state index contributed by atoms with van der Waals surface area (Å²) in [5, 5.41) is 0. The summed E-state index contributed by atoms with van der Waals surface area (Å²) >= 11 is 0. The molecule has 4 N–H and O–H groups in total. The lowest BCUT2D eigenvalue weighted by atomic mass is 9.68. The number of ether oxygens (including phenoxy) is 3. The molecule has 0 aromatic heterocycles. The van der Waals surface area contributed by atoms with Crippen molar-refractivity contribution in [1.29, 1.82) is 0 Å². The highest BCUT2D eigenvalue weighted by atomic mass is 16.9. The zero-order valence-electron chi connectivity index (χ0n) is 12.8. The van der Waals surface area contributed by atoms with E-state index in [1.54, 1.807) is 0 Å². The molecule has 1 saturated heterocycles. The minimum Gasteiger partial charge on any atom is -0.330 e. The highest BCUT2D eigenvalue weighted by molar-refractivity contribution is 5.31. The number of fused-ring (bicyclic) bond motifs is 4. The predicted molar refractivity (Wildman–Crippen MR) is 81.7 cm³/mol. The number of hydrogen-bond donors (Lipinski definition) is 2. The number of rotatable bonds is 2. The SMILES string of the molecule is NCC1(CN)CCCCC12OC1Cc3ccccc3C(O1)O2. The maximum absolute atomic E-state index is 6.41. The van der Waals surface area contributed by atoms with Crippen molar-refractivity contribution >= 4 is 0 Å². The van der Waals surface area contributed by atoms with Crippen LogP contribution in [-0.4, -0.2) is 25.2 Å². The van der Waals surface area contributed by atoms with Gasteiger partial charge in [0.05, 0.1) is 0 Å². The molecule has 2 heterocycles. The van der Waals surface area contributed by atoms with Crippen LogP contribution in [0, 0.1) is 5.41 Å². The third kappa shape index (κ3) is 1.97. The first-order valence-electron chi connectivity index (χ1n) is 8.21. The molecule has 0 amide bonds. The molecule has 3 aliphatic rings. The van der Waals surface area contributed by atoms with Gasteiger partial charge in [-0.2, -0.15) is 0 Å². The molecule has 22 heavy (non-hydrogen) atoms. The van der Waals surface area contributed by atoms with E-state index in [1.165, 1.54) is 5.56 Å². The van der Waals surface area contributed by atoms with Gasteiger partial charge in [0.15, 0.2) is 18.4 Å². The van der Waals surface area contributed by atoms with E-state index in [0.29, 0.717) is 13.1 Å². The second-order valence-electron chi connectivity index (χ2n) is 6.68. The van der Waals surface area contributed by atoms with E-state index in [1.807, 2.05) is 12.1 Å². The summed E-state index contributed by atoms with van der Waals surface area (Å²) in [6, 6.07) is 8.25. The quantitative estimate of drug-likeness (QED) is 0.871. The average molecular weight is 304 g/mol. The lowest BCUT2D eigenvalue weighted by Gasteiger charge is -2.57. The first-order valence-corrected chi connectivity index (χ1v) is 8.21. The average Bonchev–Trinajstić information content (AvgIpc) is 2.55. The van der Waals surface area contributed by atoms with Crippen LogP contribution in [-0.2, 0) is 20.6 Å². The minimum atomic E-state index is -0.712. The van der Waals surface area contributed by atoms with Crippen LogP contribution >= 0.6 is 0 Å². The Bertz CT molecular complexity index is 561. The summed E-state index contributed by atoms with van der Waals surface area (Å²) in [5.41, 5.74) is 14.3. The highest BCUT2D eigenvalue weighted by Crippen LogP contribution is 2.53. The molecular weight excluding hydrogens is 280 g/mol. The summed E-state index contributed by atoms with van der Waals surface area (Å²) in [4.78, 5) is 0. The van der Waals surface area contributed by atoms with Crippen molar-refractivity contribution in [3.8, 4) is 0 Å². The third-order valence-corrected chi connectivity index (χ3v) is 5.59. The summed E-state index contributed by atoms with van der Waals surface area (Å²) in [7, 11) is 0. The maximum Gasteiger partial charge on any atom is 0.190 e. The second kappa shape index (κ2) is 5.28. The van der Waals surface area contributed by atoms with Gasteiger partial charge in [0.2, 0.25) is 0 Å². The van der Waals surface area contributed by atoms with Crippen LogP contribution < -0.4 is 11.5 Å². The molecule has 3 unspecified atom stereocenters. The van der Waals surface area contributed by atoms with Gasteiger partial charge in [0, 0.05) is 36.9 Å². The minimum absolute atomic E-state index is 0.274. The Balaban J connectivity index is 1.73. The maximum atomic E-state index is 6.41. The van der Waals surface area contributed by atoms with Gasteiger partial charge in [-0.05, 0) is 18.4 Å². The first kappa shape index (κ1) is 14.6. The Morgan fingerprint density at radius 2 is 1.82 bits per heavy atom. The van der Waals surface area contributed by atoms with Gasteiger partial charge >= 0.3 is 0 Å². The Morgan fingerprint density at radius 3 is 2.64 bits per heavy atom. The Morgan fingerprint density at radius 1 is 1.05 bits per heavy atom. The van der Waals surface area contributed by atoms with Crippen LogP contribution in [0.2, 0.25) is 0 Å². The van der Waals surface area contributed by atoms with Gasteiger partial charge < -0.3 is 25.7 Å². The molecule has 2 bridgehead atoms. The van der Waals surface area contributed by atoms with Crippen molar-refractivity contribution in [2.24, 2.45) is 16.9 Å². The lowest BCUT2D eigenvalue weighted by molar-refractivity contribution is -0.471. The van der Waals surface area contributed by atoms with Crippen molar-refractivity contribution in [3.05, 3.63) is 35.4 Å². The summed E-state index contributed by atoms with van der Waals surface area (Å²) < 4.78 is 18.7. The Hall–Kier alpha value is -0.980. The summed E-state index contributed by atoms with van der Waals surface area (Å²) in [6.45, 7) is 0.954. The van der Waals surface area contributed by atoms with Crippen molar-refractivity contribution in [2.45, 2.75) is 50.5 Å². The van der Waals surface area contributed by atoms with Crippen molar-refractivity contribution in [2.75, 3.05) is 13.1 Å². The fourth-order valence-electron chi connectivity index (χ4n) is 4.21. The summed E-state index contributed by atoms with van der Waals surface area (Å²) in [5.74, 6) is -0.712. The van der Waals surface area contributed by atoms with Gasteiger partial charge in [-0.25, -0.2) is 0 Å². The van der Waals surface area contributed by atoms with Gasteiger partial charge in [0.1, 0.15) is 0 Å². The molecular formula is C17H24N2O3. The number of benzene rings is 1. The van der Waals surface area contributed by atoms with Crippen LogP contribution in [0.1, 0.15) is 43.1 Å². The van der Waals surface area contributed by atoms with E-state index >= 15 is 0 Å². The number of nitrogens with two attached hydrogens (primary N) is 2. The van der Waals surface area contributed by atoms with E-state index < -0.39 is 5.79 Å². The molecule has 5 nitrogen and oxygen atoms in total. The summed E-state index contributed by atoms with van der Waals surface area (Å²) in [6.07, 6.45) is 4.08. The lowest BCUT2D eigenvalue weighted by Crippen LogP contribution is -2.65. The molecule has 2 fully saturated rings. The Labute approximate surface area is 130 Å². The van der Waals surface area contributed by atoms with E-state index in [2.05, 4.69) is 12.1 Å². The topological polar surface area (TPSA) is 79.7 Å². The monoisotopic (exact) mass is 304 g/mol. The molecule has 1 saturated carbocycles. The van der Waals surface area contributed by atoms with Gasteiger partial charge in [-0.3, -0.25) is 0 Å². The van der Waals surface area contributed by atoms with Crippen molar-refractivity contribution in [3.63, 3.8) is 0 Å². The molecule has 3 atom stereocenters. The molecule has 1 aromatic carbocycles. The van der Waals surface area contributed by atoms with Crippen LogP contribution in [0.3, 0.4) is 0 Å². The van der Waals surface area contributed by atoms with E-state index in [-0.39, 0.29) is 18.0 Å². The van der Waals surface area contributed by atoms with Crippen LogP contribution in [0.5, 0.6) is 0 Å². The van der Waals surface area contributed by atoms with Crippen LogP contribution in [0.25, 0.3) is 0 Å².